The van der Waals surface area contributed by atoms with Gasteiger partial charge in [-0.15, -0.1) is 0 Å². The number of ether oxygens (including phenoxy) is 1. The van der Waals surface area contributed by atoms with Gasteiger partial charge in [-0.3, -0.25) is 14.5 Å². The Morgan fingerprint density at radius 3 is 2.73 bits per heavy atom. The molecule has 230 valence electrons. The molecule has 11 heteroatoms. The van der Waals surface area contributed by atoms with E-state index in [2.05, 4.69) is 14.6 Å². The quantitative estimate of drug-likeness (QED) is 0.312. The van der Waals surface area contributed by atoms with Crippen LogP contribution in [0.25, 0.3) is 5.65 Å². The van der Waals surface area contributed by atoms with E-state index in [0.717, 1.165) is 36.3 Å². The molecule has 0 unspecified atom stereocenters. The molecule has 45 heavy (non-hydrogen) atoms. The molecule has 3 fully saturated rings. The van der Waals surface area contributed by atoms with Crippen molar-refractivity contribution in [1.29, 1.82) is 0 Å². The lowest BCUT2D eigenvalue weighted by Crippen LogP contribution is -2.53. The number of fused-ring (bicyclic) bond motifs is 7. The Morgan fingerprint density at radius 1 is 1.11 bits per heavy atom. The summed E-state index contributed by atoms with van der Waals surface area (Å²) in [5, 5.41) is 3.67. The number of nitrogens with zero attached hydrogens (tertiary/aromatic N) is 4. The second-order valence-corrected chi connectivity index (χ2v) is 13.8. The Labute approximate surface area is 269 Å². The van der Waals surface area contributed by atoms with Crippen molar-refractivity contribution in [2.75, 3.05) is 38.2 Å². The summed E-state index contributed by atoms with van der Waals surface area (Å²) in [6.07, 6.45) is 4.77. The summed E-state index contributed by atoms with van der Waals surface area (Å²) in [6.45, 7) is 2.88. The van der Waals surface area contributed by atoms with E-state index >= 15 is 4.39 Å². The molecule has 5 heterocycles. The summed E-state index contributed by atoms with van der Waals surface area (Å²) >= 11 is 12.8. The fourth-order valence-corrected chi connectivity index (χ4v) is 8.83. The van der Waals surface area contributed by atoms with Crippen LogP contribution in [0.3, 0.4) is 0 Å². The van der Waals surface area contributed by atoms with Crippen LogP contribution in [0.4, 0.5) is 10.1 Å². The number of anilines is 1. The van der Waals surface area contributed by atoms with Gasteiger partial charge in [0.1, 0.15) is 17.0 Å². The number of hydrogen-bond acceptors (Lipinski definition) is 5. The molecule has 2 aromatic carbocycles. The van der Waals surface area contributed by atoms with Crippen molar-refractivity contribution < 1.29 is 18.7 Å². The minimum Gasteiger partial charge on any atom is -0.378 e. The van der Waals surface area contributed by atoms with Crippen molar-refractivity contribution in [3.63, 3.8) is 0 Å². The molecular weight excluding hydrogens is 616 g/mol. The third-order valence-corrected chi connectivity index (χ3v) is 11.1. The lowest BCUT2D eigenvalue weighted by atomic mass is 9.71. The highest BCUT2D eigenvalue weighted by Crippen LogP contribution is 2.65. The lowest BCUT2D eigenvalue weighted by molar-refractivity contribution is -0.128. The summed E-state index contributed by atoms with van der Waals surface area (Å²) in [5.41, 5.74) is 3.80. The number of likely N-dealkylation sites (tertiary alicyclic amines) is 1. The Morgan fingerprint density at radius 2 is 1.93 bits per heavy atom. The van der Waals surface area contributed by atoms with Crippen molar-refractivity contribution in [1.82, 2.24) is 19.2 Å². The van der Waals surface area contributed by atoms with Gasteiger partial charge >= 0.3 is 0 Å². The molecule has 0 radical (unpaired) electrons. The van der Waals surface area contributed by atoms with Gasteiger partial charge in [0.25, 0.3) is 5.91 Å². The maximum atomic E-state index is 16.2. The Kier molecular flexibility index (Phi) is 6.17. The van der Waals surface area contributed by atoms with Crippen LogP contribution in [0.15, 0.2) is 54.7 Å². The van der Waals surface area contributed by atoms with Crippen molar-refractivity contribution in [2.24, 2.45) is 5.92 Å². The number of nitrogens with one attached hydrogen (secondary N) is 1. The highest BCUT2D eigenvalue weighted by molar-refractivity contribution is 6.31. The van der Waals surface area contributed by atoms with Gasteiger partial charge in [-0.1, -0.05) is 41.4 Å². The molecule has 5 aliphatic rings. The summed E-state index contributed by atoms with van der Waals surface area (Å²) < 4.78 is 23.7. The topological polar surface area (TPSA) is 79.2 Å². The van der Waals surface area contributed by atoms with E-state index in [4.69, 9.17) is 32.9 Å². The second-order valence-electron chi connectivity index (χ2n) is 12.9. The maximum absolute atomic E-state index is 16.2. The molecule has 2 amide bonds. The lowest BCUT2D eigenvalue weighted by Gasteiger charge is -2.40. The fraction of sp³-hybridized carbons (Fsp3) is 0.382. The van der Waals surface area contributed by atoms with Crippen molar-refractivity contribution in [3.05, 3.63) is 98.7 Å². The van der Waals surface area contributed by atoms with Crippen molar-refractivity contribution >= 4 is 46.4 Å². The summed E-state index contributed by atoms with van der Waals surface area (Å²) in [6, 6.07) is 14.2. The zero-order chi connectivity index (χ0) is 30.6. The number of amides is 2. The number of imidazole rings is 1. The number of benzene rings is 2. The first-order valence-electron chi connectivity index (χ1n) is 15.6. The van der Waals surface area contributed by atoms with Gasteiger partial charge < -0.3 is 19.4 Å². The van der Waals surface area contributed by atoms with Gasteiger partial charge in [0, 0.05) is 77.7 Å². The molecule has 2 aromatic heterocycles. The summed E-state index contributed by atoms with van der Waals surface area (Å²) in [5.74, 6) is -1.17. The molecule has 1 saturated carbocycles. The number of halogens is 3. The van der Waals surface area contributed by atoms with Crippen LogP contribution in [0, 0.1) is 11.7 Å². The van der Waals surface area contributed by atoms with E-state index in [1.807, 2.05) is 24.4 Å². The molecule has 4 atom stereocenters. The average molecular weight is 647 g/mol. The number of hydrogen-bond donors (Lipinski definition) is 1. The van der Waals surface area contributed by atoms with Gasteiger partial charge in [0.2, 0.25) is 5.91 Å². The smallest absolute Gasteiger partial charge is 0.254 e. The van der Waals surface area contributed by atoms with E-state index < -0.39 is 17.3 Å². The van der Waals surface area contributed by atoms with Crippen LogP contribution >= 0.6 is 23.2 Å². The van der Waals surface area contributed by atoms with Gasteiger partial charge in [0.05, 0.1) is 23.9 Å². The largest absolute Gasteiger partial charge is 0.378 e. The van der Waals surface area contributed by atoms with Gasteiger partial charge in [-0.05, 0) is 54.7 Å². The van der Waals surface area contributed by atoms with E-state index in [0.29, 0.717) is 66.1 Å². The Balaban J connectivity index is 1.24. The Hall–Kier alpha value is -3.50. The number of aromatic nitrogens is 2. The first-order chi connectivity index (χ1) is 21.9. The van der Waals surface area contributed by atoms with E-state index in [1.165, 1.54) is 0 Å². The number of carbonyl (C=O) groups is 2. The molecule has 2 aliphatic carbocycles. The summed E-state index contributed by atoms with van der Waals surface area (Å²) in [4.78, 5) is 37.2. The standard InChI is InChI=1S/C34H30Cl2FN5O3/c35-20-6-7-22-24(15-20)38-33(44)34(22)29(21-2-1-3-23(36)30(21)37)28-25(42(34)17-18-4-5-18)16-26-31(28)39-27-14-19(8-9-41(26)27)32(43)40-10-12-45-13-11-40/h1-3,6-9,14-15,18,25,28-29H,4-5,10-13,16-17H2,(H,38,44)/t25-,28+,29-,34+/m0/s1. The predicted octanol–water partition coefficient (Wildman–Crippen LogP) is 5.62. The number of pyridine rings is 1. The van der Waals surface area contributed by atoms with Crippen LogP contribution in [-0.4, -0.2) is 69.9 Å². The highest BCUT2D eigenvalue weighted by Gasteiger charge is 2.69. The minimum atomic E-state index is -1.17. The van der Waals surface area contributed by atoms with E-state index in [1.54, 1.807) is 35.2 Å². The average Bonchev–Trinajstić information content (AvgIpc) is 3.49. The fourth-order valence-electron chi connectivity index (χ4n) is 8.48. The molecule has 9 rings (SSSR count). The molecule has 2 saturated heterocycles. The molecule has 4 aromatic rings. The molecule has 1 spiro atoms. The first kappa shape index (κ1) is 27.8. The van der Waals surface area contributed by atoms with Crippen LogP contribution in [0.1, 0.15) is 57.6 Å². The van der Waals surface area contributed by atoms with E-state index in [9.17, 15) is 9.59 Å². The van der Waals surface area contributed by atoms with Crippen LogP contribution in [0.5, 0.6) is 0 Å². The molecular formula is C34H30Cl2FN5O3. The zero-order valence-corrected chi connectivity index (χ0v) is 25.8. The first-order valence-corrected chi connectivity index (χ1v) is 16.3. The highest BCUT2D eigenvalue weighted by atomic mass is 35.5. The van der Waals surface area contributed by atoms with Gasteiger partial charge in [0.15, 0.2) is 0 Å². The number of morpholine rings is 1. The predicted molar refractivity (Wildman–Crippen MR) is 167 cm³/mol. The van der Waals surface area contributed by atoms with Gasteiger partial charge in [-0.25, -0.2) is 9.37 Å². The van der Waals surface area contributed by atoms with Crippen molar-refractivity contribution in [2.45, 2.75) is 42.7 Å². The third kappa shape index (κ3) is 3.94. The second kappa shape index (κ2) is 10.00. The molecule has 3 aliphatic heterocycles. The van der Waals surface area contributed by atoms with Crippen LogP contribution < -0.4 is 5.32 Å². The normalized spacial score (nSPS) is 27.2. The SMILES string of the molecule is O=C(c1ccn2c3c(nc2c1)[C@@H]1[C@H](C3)N(CC2CC2)[C@@]2(C(=O)Nc3cc(Cl)ccc32)[C@H]1c1cccc(Cl)c1F)N1CCOCC1. The maximum Gasteiger partial charge on any atom is 0.254 e. The zero-order valence-electron chi connectivity index (χ0n) is 24.3. The van der Waals surface area contributed by atoms with E-state index in [-0.39, 0.29) is 28.8 Å². The summed E-state index contributed by atoms with van der Waals surface area (Å²) in [7, 11) is 0. The van der Waals surface area contributed by atoms with Crippen LogP contribution in [-0.2, 0) is 21.5 Å². The number of rotatable bonds is 4. The molecule has 1 N–H and O–H groups in total. The van der Waals surface area contributed by atoms with Gasteiger partial charge in [-0.2, -0.15) is 0 Å². The third-order valence-electron chi connectivity index (χ3n) is 10.6. The Bertz CT molecular complexity index is 1920. The van der Waals surface area contributed by atoms with Crippen LogP contribution in [0.2, 0.25) is 10.0 Å². The van der Waals surface area contributed by atoms with Crippen molar-refractivity contribution in [3.8, 4) is 0 Å². The monoisotopic (exact) mass is 645 g/mol. The minimum absolute atomic E-state index is 0.0223. The molecule has 8 nitrogen and oxygen atoms in total. The molecule has 0 bridgehead atoms. The number of carbonyl (C=O) groups excluding carboxylic acids is 2.